The van der Waals surface area contributed by atoms with Crippen LogP contribution in [0.15, 0.2) is 12.3 Å². The molecule has 0 aliphatic heterocycles. The number of aliphatic hydroxyl groups is 1. The van der Waals surface area contributed by atoms with Crippen molar-refractivity contribution in [3.8, 4) is 0 Å². The molecule has 6 nitrogen and oxygen atoms in total. The van der Waals surface area contributed by atoms with Crippen molar-refractivity contribution in [2.45, 2.75) is 27.2 Å². The fraction of sp³-hybridized carbons (Fsp3) is 0.500. The number of aryl methyl sites for hydroxylation is 2. The van der Waals surface area contributed by atoms with Crippen LogP contribution in [0.2, 0.25) is 0 Å². The summed E-state index contributed by atoms with van der Waals surface area (Å²) in [5.41, 5.74) is 2.96. The van der Waals surface area contributed by atoms with Gasteiger partial charge in [0.05, 0.1) is 17.0 Å². The number of aromatic nitrogens is 3. The molecule has 2 rings (SSSR count). The standard InChI is InChI=1S/C14H20N4O2/c1-4-17(6-5-7-19)14(20)12-9-15-13-8-10(2)16-18(13)11(12)3/h8-9,19H,4-7H2,1-3H3. The highest BCUT2D eigenvalue weighted by Crippen LogP contribution is 2.13. The van der Waals surface area contributed by atoms with Crippen molar-refractivity contribution < 1.29 is 9.90 Å². The van der Waals surface area contributed by atoms with Gasteiger partial charge in [0, 0.05) is 32.0 Å². The Balaban J connectivity index is 2.36. The van der Waals surface area contributed by atoms with Gasteiger partial charge in [-0.15, -0.1) is 0 Å². The minimum atomic E-state index is -0.0685. The van der Waals surface area contributed by atoms with Crippen molar-refractivity contribution >= 4 is 11.6 Å². The van der Waals surface area contributed by atoms with E-state index in [0.717, 1.165) is 17.0 Å². The van der Waals surface area contributed by atoms with E-state index in [-0.39, 0.29) is 12.5 Å². The zero-order valence-corrected chi connectivity index (χ0v) is 12.1. The third kappa shape index (κ3) is 2.65. The summed E-state index contributed by atoms with van der Waals surface area (Å²) >= 11 is 0. The number of aliphatic hydroxyl groups excluding tert-OH is 1. The fourth-order valence-corrected chi connectivity index (χ4v) is 2.21. The van der Waals surface area contributed by atoms with Crippen LogP contribution in [0.4, 0.5) is 0 Å². The van der Waals surface area contributed by atoms with E-state index in [1.807, 2.05) is 26.8 Å². The summed E-state index contributed by atoms with van der Waals surface area (Å²) in [6.07, 6.45) is 2.19. The van der Waals surface area contributed by atoms with Gasteiger partial charge in [-0.25, -0.2) is 9.50 Å². The number of hydrogen-bond donors (Lipinski definition) is 1. The van der Waals surface area contributed by atoms with Gasteiger partial charge >= 0.3 is 0 Å². The summed E-state index contributed by atoms with van der Waals surface area (Å²) in [5, 5.41) is 13.2. The maximum Gasteiger partial charge on any atom is 0.257 e. The number of carbonyl (C=O) groups excluding carboxylic acids is 1. The molecule has 1 amide bonds. The Bertz CT molecular complexity index is 621. The van der Waals surface area contributed by atoms with Crippen LogP contribution in [0, 0.1) is 13.8 Å². The summed E-state index contributed by atoms with van der Waals surface area (Å²) in [7, 11) is 0. The molecule has 20 heavy (non-hydrogen) atoms. The largest absolute Gasteiger partial charge is 0.396 e. The van der Waals surface area contributed by atoms with Gasteiger partial charge in [0.1, 0.15) is 0 Å². The highest BCUT2D eigenvalue weighted by molar-refractivity contribution is 5.95. The second kappa shape index (κ2) is 6.00. The topological polar surface area (TPSA) is 70.7 Å². The number of nitrogens with zero attached hydrogens (tertiary/aromatic N) is 4. The molecule has 0 saturated carbocycles. The molecule has 0 bridgehead atoms. The Morgan fingerprint density at radius 2 is 2.20 bits per heavy atom. The zero-order chi connectivity index (χ0) is 14.7. The predicted molar refractivity (Wildman–Crippen MR) is 75.7 cm³/mol. The van der Waals surface area contributed by atoms with E-state index in [4.69, 9.17) is 5.11 Å². The molecule has 2 aromatic rings. The van der Waals surface area contributed by atoms with Crippen LogP contribution in [0.25, 0.3) is 5.65 Å². The van der Waals surface area contributed by atoms with Crippen LogP contribution in [-0.4, -0.2) is 50.2 Å². The number of hydrogen-bond acceptors (Lipinski definition) is 4. The Morgan fingerprint density at radius 3 is 2.85 bits per heavy atom. The summed E-state index contributed by atoms with van der Waals surface area (Å²) < 4.78 is 1.70. The molecule has 0 atom stereocenters. The van der Waals surface area contributed by atoms with Crippen molar-refractivity contribution in [3.63, 3.8) is 0 Å². The monoisotopic (exact) mass is 276 g/mol. The SMILES string of the molecule is CCN(CCCO)C(=O)c1cnc2cc(C)nn2c1C. The predicted octanol–water partition coefficient (Wildman–Crippen LogP) is 1.19. The molecule has 6 heteroatoms. The lowest BCUT2D eigenvalue weighted by Gasteiger charge is -2.21. The first-order valence-corrected chi connectivity index (χ1v) is 6.80. The molecule has 0 aliphatic rings. The van der Waals surface area contributed by atoms with Crippen molar-refractivity contribution in [1.82, 2.24) is 19.5 Å². The van der Waals surface area contributed by atoms with E-state index < -0.39 is 0 Å². The number of rotatable bonds is 5. The molecule has 0 spiro atoms. The van der Waals surface area contributed by atoms with E-state index in [0.29, 0.717) is 25.1 Å². The first-order valence-electron chi connectivity index (χ1n) is 6.80. The smallest absolute Gasteiger partial charge is 0.257 e. The second-order valence-electron chi connectivity index (χ2n) is 4.77. The van der Waals surface area contributed by atoms with Gasteiger partial charge < -0.3 is 10.0 Å². The van der Waals surface area contributed by atoms with Crippen molar-refractivity contribution in [1.29, 1.82) is 0 Å². The number of carbonyl (C=O) groups is 1. The van der Waals surface area contributed by atoms with Gasteiger partial charge in [-0.2, -0.15) is 5.10 Å². The second-order valence-corrected chi connectivity index (χ2v) is 4.77. The Labute approximate surface area is 118 Å². The first-order chi connectivity index (χ1) is 9.58. The lowest BCUT2D eigenvalue weighted by atomic mass is 10.2. The highest BCUT2D eigenvalue weighted by Gasteiger charge is 2.18. The third-order valence-corrected chi connectivity index (χ3v) is 3.33. The van der Waals surface area contributed by atoms with Crippen LogP contribution in [0.1, 0.15) is 35.1 Å². The lowest BCUT2D eigenvalue weighted by Crippen LogP contribution is -2.33. The summed E-state index contributed by atoms with van der Waals surface area (Å²) in [6.45, 7) is 6.92. The maximum atomic E-state index is 12.5. The van der Waals surface area contributed by atoms with Crippen molar-refractivity contribution in [2.75, 3.05) is 19.7 Å². The van der Waals surface area contributed by atoms with Gasteiger partial charge in [-0.3, -0.25) is 4.79 Å². The third-order valence-electron chi connectivity index (χ3n) is 3.33. The average molecular weight is 276 g/mol. The van der Waals surface area contributed by atoms with Crippen LogP contribution >= 0.6 is 0 Å². The van der Waals surface area contributed by atoms with Crippen LogP contribution in [-0.2, 0) is 0 Å². The van der Waals surface area contributed by atoms with Crippen LogP contribution in [0.3, 0.4) is 0 Å². The molecule has 0 radical (unpaired) electrons. The lowest BCUT2D eigenvalue weighted by molar-refractivity contribution is 0.0752. The minimum Gasteiger partial charge on any atom is -0.396 e. The van der Waals surface area contributed by atoms with Gasteiger partial charge in [0.2, 0.25) is 0 Å². The summed E-state index contributed by atoms with van der Waals surface area (Å²) in [4.78, 5) is 18.5. The zero-order valence-electron chi connectivity index (χ0n) is 12.1. The fourth-order valence-electron chi connectivity index (χ4n) is 2.21. The first kappa shape index (κ1) is 14.5. The van der Waals surface area contributed by atoms with E-state index in [2.05, 4.69) is 10.1 Å². The molecule has 108 valence electrons. The van der Waals surface area contributed by atoms with E-state index in [9.17, 15) is 4.79 Å². The summed E-state index contributed by atoms with van der Waals surface area (Å²) in [6, 6.07) is 1.88. The average Bonchev–Trinajstić information content (AvgIpc) is 2.81. The quantitative estimate of drug-likeness (QED) is 0.890. The Morgan fingerprint density at radius 1 is 1.45 bits per heavy atom. The molecule has 0 aliphatic carbocycles. The molecule has 1 N–H and O–H groups in total. The van der Waals surface area contributed by atoms with Gasteiger partial charge in [0.25, 0.3) is 5.91 Å². The van der Waals surface area contributed by atoms with Gasteiger partial charge in [-0.1, -0.05) is 0 Å². The Kier molecular flexibility index (Phi) is 4.34. The number of fused-ring (bicyclic) bond motifs is 1. The summed E-state index contributed by atoms with van der Waals surface area (Å²) in [5.74, 6) is -0.0685. The van der Waals surface area contributed by atoms with E-state index >= 15 is 0 Å². The van der Waals surface area contributed by atoms with Gasteiger partial charge in [0.15, 0.2) is 5.65 Å². The normalized spacial score (nSPS) is 11.0. The van der Waals surface area contributed by atoms with Crippen molar-refractivity contribution in [3.05, 3.63) is 29.2 Å². The molecular formula is C14H20N4O2. The Hall–Kier alpha value is -1.95. The van der Waals surface area contributed by atoms with E-state index in [1.54, 1.807) is 15.6 Å². The van der Waals surface area contributed by atoms with Crippen LogP contribution < -0.4 is 0 Å². The minimum absolute atomic E-state index is 0.0685. The van der Waals surface area contributed by atoms with E-state index in [1.165, 1.54) is 0 Å². The number of amides is 1. The molecule has 2 heterocycles. The van der Waals surface area contributed by atoms with Crippen LogP contribution in [0.5, 0.6) is 0 Å². The molecule has 0 saturated heterocycles. The molecule has 0 fully saturated rings. The molecular weight excluding hydrogens is 256 g/mol. The highest BCUT2D eigenvalue weighted by atomic mass is 16.3. The molecule has 0 unspecified atom stereocenters. The van der Waals surface area contributed by atoms with Crippen molar-refractivity contribution in [2.24, 2.45) is 0 Å². The molecule has 0 aromatic carbocycles. The maximum absolute atomic E-state index is 12.5. The molecule has 2 aromatic heterocycles. The van der Waals surface area contributed by atoms with Gasteiger partial charge in [-0.05, 0) is 27.2 Å².